The van der Waals surface area contributed by atoms with Crippen molar-refractivity contribution in [1.29, 1.82) is 0 Å². The second kappa shape index (κ2) is 6.41. The largest absolute Gasteiger partial charge is 0.339 e. The highest BCUT2D eigenvalue weighted by Gasteiger charge is 2.40. The van der Waals surface area contributed by atoms with Crippen molar-refractivity contribution in [3.05, 3.63) is 0 Å². The molecule has 116 valence electrons. The molecule has 0 bridgehead atoms. The van der Waals surface area contributed by atoms with E-state index in [4.69, 9.17) is 0 Å². The summed E-state index contributed by atoms with van der Waals surface area (Å²) in [5, 5.41) is 3.20. The quantitative estimate of drug-likeness (QED) is 0.785. The lowest BCUT2D eigenvalue weighted by molar-refractivity contribution is -0.135. The number of carbonyl (C=O) groups is 1. The van der Waals surface area contributed by atoms with Gasteiger partial charge in [0.15, 0.2) is 0 Å². The average Bonchev–Trinajstić information content (AvgIpc) is 2.87. The third-order valence-electron chi connectivity index (χ3n) is 3.82. The maximum atomic E-state index is 12.5. The summed E-state index contributed by atoms with van der Waals surface area (Å²) >= 11 is 0. The fourth-order valence-corrected chi connectivity index (χ4v) is 4.96. The summed E-state index contributed by atoms with van der Waals surface area (Å²) in [5.74, 6) is 0.185. The van der Waals surface area contributed by atoms with E-state index in [0.29, 0.717) is 26.1 Å². The predicted molar refractivity (Wildman–Crippen MR) is 77.8 cm³/mol. The minimum atomic E-state index is -3.32. The molecule has 2 fully saturated rings. The summed E-state index contributed by atoms with van der Waals surface area (Å²) in [7, 11) is -3.32. The van der Waals surface area contributed by atoms with E-state index in [1.165, 1.54) is 4.31 Å². The zero-order valence-corrected chi connectivity index (χ0v) is 13.2. The Hall–Kier alpha value is -0.660. The predicted octanol–water partition coefficient (Wildman–Crippen LogP) is -0.132. The third kappa shape index (κ3) is 3.51. The van der Waals surface area contributed by atoms with Gasteiger partial charge < -0.3 is 10.2 Å². The zero-order chi connectivity index (χ0) is 14.8. The molecule has 1 atom stereocenters. The monoisotopic (exact) mass is 303 g/mol. The number of nitrogens with one attached hydrogen (secondary N) is 1. The molecular weight excluding hydrogens is 278 g/mol. The Morgan fingerprint density at radius 1 is 1.25 bits per heavy atom. The summed E-state index contributed by atoms with van der Waals surface area (Å²) in [4.78, 5) is 14.3. The van der Waals surface area contributed by atoms with Crippen LogP contribution in [0.4, 0.5) is 0 Å². The van der Waals surface area contributed by atoms with Crippen LogP contribution < -0.4 is 5.32 Å². The van der Waals surface area contributed by atoms with E-state index in [-0.39, 0.29) is 17.6 Å². The molecule has 20 heavy (non-hydrogen) atoms. The Balaban J connectivity index is 2.08. The summed E-state index contributed by atoms with van der Waals surface area (Å²) in [6, 6.07) is -0.475. The lowest BCUT2D eigenvalue weighted by Gasteiger charge is -2.32. The van der Waals surface area contributed by atoms with Crippen molar-refractivity contribution in [1.82, 2.24) is 14.5 Å². The zero-order valence-electron chi connectivity index (χ0n) is 12.3. The van der Waals surface area contributed by atoms with E-state index in [2.05, 4.69) is 5.32 Å². The van der Waals surface area contributed by atoms with Crippen LogP contribution in [-0.4, -0.2) is 68.0 Å². The number of piperazine rings is 1. The first-order valence-corrected chi connectivity index (χ1v) is 9.02. The Kier molecular flexibility index (Phi) is 5.04. The molecule has 0 aliphatic carbocycles. The van der Waals surface area contributed by atoms with Gasteiger partial charge in [0.05, 0.1) is 5.75 Å². The molecule has 0 spiro atoms. The van der Waals surface area contributed by atoms with Crippen molar-refractivity contribution >= 4 is 15.9 Å². The highest BCUT2D eigenvalue weighted by molar-refractivity contribution is 7.89. The average molecular weight is 303 g/mol. The fraction of sp³-hybridized carbons (Fsp3) is 0.923. The number of carbonyl (C=O) groups excluding carboxylic acids is 1. The number of hydrogen-bond donors (Lipinski definition) is 1. The lowest BCUT2D eigenvalue weighted by Crippen LogP contribution is -2.53. The van der Waals surface area contributed by atoms with E-state index in [9.17, 15) is 13.2 Å². The van der Waals surface area contributed by atoms with Gasteiger partial charge in [-0.2, -0.15) is 4.31 Å². The molecule has 1 amide bonds. The van der Waals surface area contributed by atoms with Gasteiger partial charge >= 0.3 is 0 Å². The second-order valence-electron chi connectivity index (χ2n) is 6.02. The third-order valence-corrected chi connectivity index (χ3v) is 6.06. The molecule has 2 rings (SSSR count). The first kappa shape index (κ1) is 15.7. The van der Waals surface area contributed by atoms with Crippen molar-refractivity contribution < 1.29 is 13.2 Å². The van der Waals surface area contributed by atoms with E-state index in [0.717, 1.165) is 19.5 Å². The normalized spacial score (nSPS) is 25.4. The van der Waals surface area contributed by atoms with Crippen molar-refractivity contribution in [2.75, 3.05) is 38.5 Å². The van der Waals surface area contributed by atoms with Crippen LogP contribution in [-0.2, 0) is 14.8 Å². The van der Waals surface area contributed by atoms with Crippen LogP contribution in [0.15, 0.2) is 0 Å². The van der Waals surface area contributed by atoms with Gasteiger partial charge in [-0.1, -0.05) is 13.8 Å². The first-order chi connectivity index (χ1) is 9.42. The standard InChI is InChI=1S/C13H25N3O3S/c1-11(2)10-20(18,19)16-7-3-4-12(16)13(17)15-8-5-14-6-9-15/h11-12,14H,3-10H2,1-2H3. The van der Waals surface area contributed by atoms with Crippen LogP contribution in [0.2, 0.25) is 0 Å². The molecule has 2 saturated heterocycles. The van der Waals surface area contributed by atoms with Crippen LogP contribution in [0.3, 0.4) is 0 Å². The molecule has 0 aromatic heterocycles. The molecule has 7 heteroatoms. The maximum Gasteiger partial charge on any atom is 0.241 e. The van der Waals surface area contributed by atoms with Gasteiger partial charge in [-0.25, -0.2) is 8.42 Å². The molecule has 6 nitrogen and oxygen atoms in total. The van der Waals surface area contributed by atoms with Gasteiger partial charge in [0, 0.05) is 32.7 Å². The van der Waals surface area contributed by atoms with Crippen LogP contribution >= 0.6 is 0 Å². The SMILES string of the molecule is CC(C)CS(=O)(=O)N1CCCC1C(=O)N1CCNCC1. The highest BCUT2D eigenvalue weighted by Crippen LogP contribution is 2.24. The van der Waals surface area contributed by atoms with Gasteiger partial charge in [-0.3, -0.25) is 4.79 Å². The molecule has 0 saturated carbocycles. The topological polar surface area (TPSA) is 69.7 Å². The van der Waals surface area contributed by atoms with Crippen LogP contribution in [0.1, 0.15) is 26.7 Å². The fourth-order valence-electron chi connectivity index (χ4n) is 2.93. The Morgan fingerprint density at radius 3 is 2.50 bits per heavy atom. The Labute approximate surface area is 121 Å². The summed E-state index contributed by atoms with van der Waals surface area (Å²) < 4.78 is 26.2. The summed E-state index contributed by atoms with van der Waals surface area (Å²) in [5.41, 5.74) is 0. The first-order valence-electron chi connectivity index (χ1n) is 7.41. The van der Waals surface area contributed by atoms with Crippen molar-refractivity contribution in [3.8, 4) is 0 Å². The minimum Gasteiger partial charge on any atom is -0.339 e. The van der Waals surface area contributed by atoms with Gasteiger partial charge in [0.1, 0.15) is 6.04 Å². The van der Waals surface area contributed by atoms with Gasteiger partial charge in [0.25, 0.3) is 0 Å². The van der Waals surface area contributed by atoms with Crippen LogP contribution in [0.25, 0.3) is 0 Å². The van der Waals surface area contributed by atoms with E-state index >= 15 is 0 Å². The molecule has 1 unspecified atom stereocenters. The maximum absolute atomic E-state index is 12.5. The Bertz CT molecular complexity index is 444. The number of rotatable bonds is 4. The van der Waals surface area contributed by atoms with Gasteiger partial charge in [-0.15, -0.1) is 0 Å². The molecule has 1 N–H and O–H groups in total. The van der Waals surface area contributed by atoms with Crippen molar-refractivity contribution in [2.24, 2.45) is 5.92 Å². The molecule has 2 aliphatic heterocycles. The summed E-state index contributed by atoms with van der Waals surface area (Å²) in [6.45, 7) is 7.19. The molecule has 2 heterocycles. The van der Waals surface area contributed by atoms with Gasteiger partial charge in [-0.05, 0) is 18.8 Å². The minimum absolute atomic E-state index is 0.0173. The lowest BCUT2D eigenvalue weighted by atomic mass is 10.2. The smallest absolute Gasteiger partial charge is 0.241 e. The van der Waals surface area contributed by atoms with E-state index in [1.54, 1.807) is 4.90 Å². The van der Waals surface area contributed by atoms with E-state index < -0.39 is 16.1 Å². The number of nitrogens with zero attached hydrogens (tertiary/aromatic N) is 2. The molecular formula is C13H25N3O3S. The number of amides is 1. The van der Waals surface area contributed by atoms with Crippen molar-refractivity contribution in [2.45, 2.75) is 32.7 Å². The number of sulfonamides is 1. The molecule has 0 aromatic rings. The van der Waals surface area contributed by atoms with Gasteiger partial charge in [0.2, 0.25) is 15.9 Å². The second-order valence-corrected chi connectivity index (χ2v) is 7.98. The number of hydrogen-bond acceptors (Lipinski definition) is 4. The van der Waals surface area contributed by atoms with Crippen LogP contribution in [0, 0.1) is 5.92 Å². The van der Waals surface area contributed by atoms with E-state index in [1.807, 2.05) is 13.8 Å². The van der Waals surface area contributed by atoms with Crippen molar-refractivity contribution in [3.63, 3.8) is 0 Å². The Morgan fingerprint density at radius 2 is 1.90 bits per heavy atom. The van der Waals surface area contributed by atoms with Crippen LogP contribution in [0.5, 0.6) is 0 Å². The molecule has 0 aromatic carbocycles. The molecule has 2 aliphatic rings. The summed E-state index contributed by atoms with van der Waals surface area (Å²) in [6.07, 6.45) is 1.43. The highest BCUT2D eigenvalue weighted by atomic mass is 32.2. The molecule has 0 radical (unpaired) electrons.